The van der Waals surface area contributed by atoms with Crippen molar-refractivity contribution in [1.82, 2.24) is 20.0 Å². The maximum absolute atomic E-state index is 13.8. The van der Waals surface area contributed by atoms with Gasteiger partial charge in [-0.15, -0.1) is 5.10 Å². The van der Waals surface area contributed by atoms with Gasteiger partial charge in [-0.2, -0.15) is 0 Å². The molecule has 0 saturated carbocycles. The predicted octanol–water partition coefficient (Wildman–Crippen LogP) is 4.60. The normalized spacial score (nSPS) is 23.2. The average Bonchev–Trinajstić information content (AvgIpc) is 3.32. The summed E-state index contributed by atoms with van der Waals surface area (Å²) in [6, 6.07) is 4.30. The first-order chi connectivity index (χ1) is 18.0. The Balaban J connectivity index is 1.73. The van der Waals surface area contributed by atoms with Crippen molar-refractivity contribution in [3.8, 4) is 11.3 Å². The number of hydrogen-bond acceptors (Lipinski definition) is 9. The molecule has 1 fully saturated rings. The molecule has 0 spiro atoms. The molecule has 9 nitrogen and oxygen atoms in total. The Morgan fingerprint density at radius 1 is 1.16 bits per heavy atom. The van der Waals surface area contributed by atoms with Crippen LogP contribution in [-0.2, 0) is 23.8 Å². The highest BCUT2D eigenvalue weighted by Gasteiger charge is 2.48. The molecule has 0 N–H and O–H groups in total. The lowest BCUT2D eigenvalue weighted by atomic mass is 9.90. The fraction of sp³-hybridized carbons (Fsp3) is 0.375. The molecule has 1 saturated heterocycles. The van der Waals surface area contributed by atoms with E-state index in [0.717, 1.165) is 17.0 Å². The van der Waals surface area contributed by atoms with Crippen LogP contribution in [0.3, 0.4) is 0 Å². The minimum absolute atomic E-state index is 0.0368. The first kappa shape index (κ1) is 27.9. The van der Waals surface area contributed by atoms with Crippen LogP contribution < -0.4 is 0 Å². The van der Waals surface area contributed by atoms with Gasteiger partial charge in [-0.05, 0) is 24.3 Å². The zero-order valence-electron chi connectivity index (χ0n) is 20.3. The van der Waals surface area contributed by atoms with E-state index in [0.29, 0.717) is 0 Å². The maximum atomic E-state index is 13.8. The molecular weight excluding hydrogens is 549 g/mol. The van der Waals surface area contributed by atoms with Crippen LogP contribution in [0.25, 0.3) is 11.3 Å². The van der Waals surface area contributed by atoms with Crippen molar-refractivity contribution in [1.29, 1.82) is 0 Å². The number of pyridine rings is 1. The largest absolute Gasteiger partial charge is 0.463 e. The van der Waals surface area contributed by atoms with Crippen LogP contribution >= 0.6 is 23.4 Å². The van der Waals surface area contributed by atoms with Crippen molar-refractivity contribution >= 4 is 35.3 Å². The van der Waals surface area contributed by atoms with E-state index in [1.165, 1.54) is 42.7 Å². The van der Waals surface area contributed by atoms with Crippen LogP contribution in [0, 0.1) is 23.4 Å². The first-order valence-electron chi connectivity index (χ1n) is 11.3. The highest BCUT2D eigenvalue weighted by Crippen LogP contribution is 2.43. The second kappa shape index (κ2) is 11.7. The van der Waals surface area contributed by atoms with Gasteiger partial charge in [0, 0.05) is 36.4 Å². The van der Waals surface area contributed by atoms with Gasteiger partial charge in [-0.3, -0.25) is 9.59 Å². The summed E-state index contributed by atoms with van der Waals surface area (Å²) in [5.74, 6) is -5.92. The molecule has 5 atom stereocenters. The minimum atomic E-state index is -1.60. The van der Waals surface area contributed by atoms with Gasteiger partial charge in [-0.1, -0.05) is 35.5 Å². The minimum Gasteiger partial charge on any atom is -0.463 e. The Bertz CT molecular complexity index is 1320. The van der Waals surface area contributed by atoms with Gasteiger partial charge in [0.1, 0.15) is 29.0 Å². The number of nitrogens with zero attached hydrogens (tertiary/aromatic N) is 4. The third-order valence-electron chi connectivity index (χ3n) is 5.78. The maximum Gasteiger partial charge on any atom is 0.303 e. The number of benzene rings is 1. The van der Waals surface area contributed by atoms with Gasteiger partial charge < -0.3 is 14.2 Å². The average molecular weight is 571 g/mol. The van der Waals surface area contributed by atoms with Gasteiger partial charge >= 0.3 is 11.9 Å². The Kier molecular flexibility index (Phi) is 8.58. The number of hydrogen-bond donors (Lipinski definition) is 0. The van der Waals surface area contributed by atoms with E-state index in [1.807, 2.05) is 6.92 Å². The Morgan fingerprint density at radius 2 is 1.87 bits per heavy atom. The zero-order chi connectivity index (χ0) is 27.6. The fourth-order valence-corrected chi connectivity index (χ4v) is 5.50. The molecule has 0 bridgehead atoms. The second-order valence-electron chi connectivity index (χ2n) is 8.54. The van der Waals surface area contributed by atoms with Crippen molar-refractivity contribution in [2.24, 2.45) is 5.92 Å². The molecule has 0 amide bonds. The summed E-state index contributed by atoms with van der Waals surface area (Å²) in [7, 11) is 0. The molecule has 202 valence electrons. The van der Waals surface area contributed by atoms with Crippen LogP contribution in [0.2, 0.25) is 5.15 Å². The van der Waals surface area contributed by atoms with E-state index in [4.69, 9.17) is 25.8 Å². The van der Waals surface area contributed by atoms with Crippen molar-refractivity contribution in [2.45, 2.75) is 49.4 Å². The molecule has 3 heterocycles. The number of rotatable bonds is 7. The molecule has 38 heavy (non-hydrogen) atoms. The summed E-state index contributed by atoms with van der Waals surface area (Å²) in [4.78, 5) is 28.3. The van der Waals surface area contributed by atoms with E-state index >= 15 is 0 Å². The molecule has 1 aliphatic heterocycles. The molecule has 4 rings (SSSR count). The van der Waals surface area contributed by atoms with Crippen molar-refractivity contribution in [3.63, 3.8) is 0 Å². The van der Waals surface area contributed by atoms with Gasteiger partial charge in [-0.25, -0.2) is 22.8 Å². The standard InChI is InChI=1S/C24H22ClF3N4O5S/c1-11-22(32-9-18(30-31-32)14-6-16(26)21(28)17(27)7-14)23(36-13(3)34)19(10-35-12(2)33)37-24(11)38-15-4-5-29-20(25)8-15/h4-9,11,19,22-24H,10H2,1-3H3/t11?,19?,22-,23+,24-/m1/s1. The molecule has 14 heteroatoms. The summed E-state index contributed by atoms with van der Waals surface area (Å²) < 4.78 is 59.6. The van der Waals surface area contributed by atoms with E-state index in [9.17, 15) is 22.8 Å². The highest BCUT2D eigenvalue weighted by molar-refractivity contribution is 7.99. The third-order valence-corrected chi connectivity index (χ3v) is 7.28. The molecule has 0 aliphatic carbocycles. The number of carbonyl (C=O) groups excluding carboxylic acids is 2. The SMILES string of the molecule is CC(=O)OCC1O[C@H](Sc2ccnc(Cl)c2)C(C)[C@@H](n2cc(-c3cc(F)c(F)c(F)c3)nn2)[C@H]1OC(C)=O. The van der Waals surface area contributed by atoms with Crippen molar-refractivity contribution in [2.75, 3.05) is 6.61 Å². The van der Waals surface area contributed by atoms with Crippen molar-refractivity contribution < 1.29 is 37.0 Å². The van der Waals surface area contributed by atoms with Crippen LogP contribution in [0.4, 0.5) is 13.2 Å². The molecular formula is C24H22ClF3N4O5S. The van der Waals surface area contributed by atoms with Gasteiger partial charge in [0.2, 0.25) is 0 Å². The first-order valence-corrected chi connectivity index (χ1v) is 12.6. The summed E-state index contributed by atoms with van der Waals surface area (Å²) in [5.41, 5.74) is -0.547. The summed E-state index contributed by atoms with van der Waals surface area (Å²) in [6.45, 7) is 4.07. The lowest BCUT2D eigenvalue weighted by Crippen LogP contribution is -2.53. The van der Waals surface area contributed by atoms with E-state index in [1.54, 1.807) is 12.1 Å². The molecule has 0 radical (unpaired) electrons. The smallest absolute Gasteiger partial charge is 0.303 e. The summed E-state index contributed by atoms with van der Waals surface area (Å²) in [6.07, 6.45) is 1.07. The predicted molar refractivity (Wildman–Crippen MR) is 129 cm³/mol. The van der Waals surface area contributed by atoms with E-state index in [-0.39, 0.29) is 23.0 Å². The Morgan fingerprint density at radius 3 is 2.50 bits per heavy atom. The topological polar surface area (TPSA) is 105 Å². The number of thioether (sulfide) groups is 1. The quantitative estimate of drug-likeness (QED) is 0.229. The number of halogens is 4. The summed E-state index contributed by atoms with van der Waals surface area (Å²) in [5, 5.41) is 8.41. The molecule has 3 aromatic rings. The van der Waals surface area contributed by atoms with Crippen LogP contribution in [0.15, 0.2) is 41.6 Å². The lowest BCUT2D eigenvalue weighted by molar-refractivity contribution is -0.191. The van der Waals surface area contributed by atoms with Crippen LogP contribution in [0.1, 0.15) is 26.8 Å². The molecule has 1 aliphatic rings. The molecule has 2 unspecified atom stereocenters. The molecule has 1 aromatic carbocycles. The molecule has 2 aromatic heterocycles. The van der Waals surface area contributed by atoms with Crippen LogP contribution in [0.5, 0.6) is 0 Å². The highest BCUT2D eigenvalue weighted by atomic mass is 35.5. The van der Waals surface area contributed by atoms with E-state index in [2.05, 4.69) is 15.3 Å². The monoisotopic (exact) mass is 570 g/mol. The van der Waals surface area contributed by atoms with Crippen molar-refractivity contribution in [3.05, 3.63) is 59.3 Å². The fourth-order valence-electron chi connectivity index (χ4n) is 4.10. The Hall–Kier alpha value is -3.16. The number of esters is 2. The lowest BCUT2D eigenvalue weighted by Gasteiger charge is -2.44. The number of aromatic nitrogens is 4. The van der Waals surface area contributed by atoms with Crippen LogP contribution in [-0.4, -0.2) is 56.2 Å². The zero-order valence-corrected chi connectivity index (χ0v) is 21.9. The van der Waals surface area contributed by atoms with E-state index < -0.39 is 59.0 Å². The summed E-state index contributed by atoms with van der Waals surface area (Å²) >= 11 is 7.35. The second-order valence-corrected chi connectivity index (χ2v) is 10.1. The van der Waals surface area contributed by atoms with Gasteiger partial charge in [0.15, 0.2) is 23.6 Å². The van der Waals surface area contributed by atoms with Gasteiger partial charge in [0.05, 0.1) is 12.2 Å². The third kappa shape index (κ3) is 6.27. The van der Waals surface area contributed by atoms with Gasteiger partial charge in [0.25, 0.3) is 0 Å². The Labute approximate surface area is 224 Å². The number of carbonyl (C=O) groups is 2. The number of ether oxygens (including phenoxy) is 3.